The molecule has 0 bridgehead atoms. The van der Waals surface area contributed by atoms with Gasteiger partial charge in [-0.3, -0.25) is 0 Å². The van der Waals surface area contributed by atoms with Crippen LogP contribution in [0.5, 0.6) is 5.75 Å². The van der Waals surface area contributed by atoms with E-state index in [4.69, 9.17) is 16.3 Å². The number of hydrogen-bond donors (Lipinski definition) is 0. The first-order valence-electron chi connectivity index (χ1n) is 5.55. The van der Waals surface area contributed by atoms with Gasteiger partial charge in [0.2, 0.25) is 0 Å². The summed E-state index contributed by atoms with van der Waals surface area (Å²) in [5.74, 6) is 1.37. The van der Waals surface area contributed by atoms with Gasteiger partial charge in [-0.15, -0.1) is 0 Å². The van der Waals surface area contributed by atoms with Crippen LogP contribution >= 0.6 is 34.2 Å². The minimum Gasteiger partial charge on any atom is -0.493 e. The maximum Gasteiger partial charge on any atom is 0.164 e. The van der Waals surface area contributed by atoms with Crippen molar-refractivity contribution in [2.24, 2.45) is 0 Å². The average molecular weight is 375 g/mol. The highest BCUT2D eigenvalue weighted by Gasteiger charge is 2.12. The van der Waals surface area contributed by atoms with E-state index >= 15 is 0 Å². The van der Waals surface area contributed by atoms with E-state index in [2.05, 4.69) is 32.6 Å². The van der Waals surface area contributed by atoms with Crippen LogP contribution < -0.4 is 4.74 Å². The summed E-state index contributed by atoms with van der Waals surface area (Å²) >= 11 is 8.24. The summed E-state index contributed by atoms with van der Waals surface area (Å²) < 4.78 is 6.46. The molecule has 1 heterocycles. The molecule has 2 aromatic rings. The molecule has 0 unspecified atom stereocenters. The fraction of sp³-hybridized carbons (Fsp3) is 0.231. The predicted octanol–water partition coefficient (Wildman–Crippen LogP) is 4.11. The number of rotatable bonds is 3. The van der Waals surface area contributed by atoms with E-state index in [9.17, 15) is 0 Å². The van der Waals surface area contributed by atoms with Crippen molar-refractivity contribution in [2.45, 2.75) is 13.8 Å². The molecule has 0 aliphatic rings. The Morgan fingerprint density at radius 3 is 2.67 bits per heavy atom. The van der Waals surface area contributed by atoms with Crippen LogP contribution in [0, 0.1) is 10.5 Å². The summed E-state index contributed by atoms with van der Waals surface area (Å²) in [7, 11) is 0. The number of para-hydroxylation sites is 1. The van der Waals surface area contributed by atoms with Gasteiger partial charge in [-0.1, -0.05) is 23.7 Å². The first-order valence-corrected chi connectivity index (χ1v) is 7.01. The highest BCUT2D eigenvalue weighted by Crippen LogP contribution is 2.29. The molecule has 0 radical (unpaired) electrons. The van der Waals surface area contributed by atoms with E-state index in [1.165, 1.54) is 0 Å². The van der Waals surface area contributed by atoms with Gasteiger partial charge in [0.1, 0.15) is 10.9 Å². The summed E-state index contributed by atoms with van der Waals surface area (Å²) in [4.78, 5) is 8.78. The fourth-order valence-electron chi connectivity index (χ4n) is 1.58. The number of nitrogens with zero attached hydrogens (tertiary/aromatic N) is 2. The quantitative estimate of drug-likeness (QED) is 0.599. The van der Waals surface area contributed by atoms with Gasteiger partial charge in [0.25, 0.3) is 0 Å². The molecule has 0 saturated heterocycles. The second-order valence-corrected chi connectivity index (χ2v) is 5.10. The Hall–Kier alpha value is -0.880. The number of benzene rings is 1. The molecule has 0 aliphatic carbocycles. The smallest absolute Gasteiger partial charge is 0.164 e. The van der Waals surface area contributed by atoms with Crippen molar-refractivity contribution in [2.75, 3.05) is 6.61 Å². The van der Waals surface area contributed by atoms with Crippen molar-refractivity contribution in [1.82, 2.24) is 9.97 Å². The van der Waals surface area contributed by atoms with Gasteiger partial charge in [0.05, 0.1) is 21.4 Å². The standard InChI is InChI=1S/C13H12ClIN2O/c1-3-18-10-7-5-4-6-9(10)13-16-8(2)11(15)12(14)17-13/h4-7H,3H2,1-2H3. The monoisotopic (exact) mass is 374 g/mol. The fourth-order valence-corrected chi connectivity index (χ4v) is 2.04. The Balaban J connectivity index is 2.55. The van der Waals surface area contributed by atoms with E-state index in [0.29, 0.717) is 17.6 Å². The Bertz CT molecular complexity index is 552. The van der Waals surface area contributed by atoms with Crippen LogP contribution in [0.25, 0.3) is 11.4 Å². The van der Waals surface area contributed by atoms with Gasteiger partial charge in [-0.2, -0.15) is 0 Å². The minimum absolute atomic E-state index is 0.476. The van der Waals surface area contributed by atoms with Crippen LogP contribution in [0.4, 0.5) is 0 Å². The molecule has 0 fully saturated rings. The van der Waals surface area contributed by atoms with E-state index in [1.54, 1.807) is 0 Å². The maximum absolute atomic E-state index is 6.10. The third-order valence-electron chi connectivity index (χ3n) is 2.40. The number of hydrogen-bond acceptors (Lipinski definition) is 3. The van der Waals surface area contributed by atoms with Gasteiger partial charge in [-0.05, 0) is 48.6 Å². The minimum atomic E-state index is 0.476. The zero-order valence-corrected chi connectivity index (χ0v) is 13.0. The van der Waals surface area contributed by atoms with Gasteiger partial charge in [0, 0.05) is 0 Å². The summed E-state index contributed by atoms with van der Waals surface area (Å²) in [5.41, 5.74) is 1.73. The van der Waals surface area contributed by atoms with E-state index in [0.717, 1.165) is 20.6 Å². The Kier molecular flexibility index (Phi) is 4.40. The Morgan fingerprint density at radius 2 is 2.00 bits per heavy atom. The van der Waals surface area contributed by atoms with Crippen LogP contribution in [0.15, 0.2) is 24.3 Å². The van der Waals surface area contributed by atoms with E-state index < -0.39 is 0 Å². The number of aromatic nitrogens is 2. The largest absolute Gasteiger partial charge is 0.493 e. The molecule has 0 aliphatic heterocycles. The summed E-state index contributed by atoms with van der Waals surface area (Å²) in [6.07, 6.45) is 0. The van der Waals surface area contributed by atoms with Crippen molar-refractivity contribution in [1.29, 1.82) is 0 Å². The van der Waals surface area contributed by atoms with Gasteiger partial charge >= 0.3 is 0 Å². The molecule has 3 nitrogen and oxygen atoms in total. The number of halogens is 2. The highest BCUT2D eigenvalue weighted by molar-refractivity contribution is 14.1. The van der Waals surface area contributed by atoms with Crippen molar-refractivity contribution in [3.63, 3.8) is 0 Å². The van der Waals surface area contributed by atoms with Crippen LogP contribution in [0.3, 0.4) is 0 Å². The molecule has 1 aromatic heterocycles. The molecule has 0 saturated carbocycles. The first kappa shape index (κ1) is 13.5. The van der Waals surface area contributed by atoms with Crippen LogP contribution in [-0.4, -0.2) is 16.6 Å². The number of aryl methyl sites for hydroxylation is 1. The highest BCUT2D eigenvalue weighted by atomic mass is 127. The first-order chi connectivity index (χ1) is 8.63. The lowest BCUT2D eigenvalue weighted by Gasteiger charge is -2.10. The van der Waals surface area contributed by atoms with Gasteiger partial charge < -0.3 is 4.74 Å². The summed E-state index contributed by atoms with van der Waals surface area (Å²) in [6.45, 7) is 4.47. The van der Waals surface area contributed by atoms with Gasteiger partial charge in [-0.25, -0.2) is 9.97 Å². The molecule has 0 atom stereocenters. The normalized spacial score (nSPS) is 10.4. The molecular weight excluding hydrogens is 363 g/mol. The van der Waals surface area contributed by atoms with Crippen molar-refractivity contribution >= 4 is 34.2 Å². The van der Waals surface area contributed by atoms with E-state index in [1.807, 2.05) is 38.1 Å². The molecule has 2 rings (SSSR count). The zero-order chi connectivity index (χ0) is 13.1. The van der Waals surface area contributed by atoms with Crippen molar-refractivity contribution < 1.29 is 4.74 Å². The maximum atomic E-state index is 6.10. The third-order valence-corrected chi connectivity index (χ3v) is 4.29. The zero-order valence-electron chi connectivity index (χ0n) is 10.1. The second kappa shape index (κ2) is 5.84. The molecule has 94 valence electrons. The van der Waals surface area contributed by atoms with Gasteiger partial charge in [0.15, 0.2) is 5.82 Å². The predicted molar refractivity (Wildman–Crippen MR) is 81.1 cm³/mol. The summed E-state index contributed by atoms with van der Waals surface area (Å²) in [6, 6.07) is 7.70. The lowest BCUT2D eigenvalue weighted by molar-refractivity contribution is 0.341. The molecule has 18 heavy (non-hydrogen) atoms. The molecule has 5 heteroatoms. The lowest BCUT2D eigenvalue weighted by Crippen LogP contribution is -1.99. The Labute approximate surface area is 125 Å². The summed E-state index contributed by atoms with van der Waals surface area (Å²) in [5, 5.41) is 0.476. The molecule has 0 N–H and O–H groups in total. The molecule has 0 amide bonds. The van der Waals surface area contributed by atoms with Crippen LogP contribution in [0.1, 0.15) is 12.6 Å². The Morgan fingerprint density at radius 1 is 1.28 bits per heavy atom. The average Bonchev–Trinajstić information content (AvgIpc) is 2.36. The van der Waals surface area contributed by atoms with Crippen LogP contribution in [0.2, 0.25) is 5.15 Å². The SMILES string of the molecule is CCOc1ccccc1-c1nc(C)c(I)c(Cl)n1. The second-order valence-electron chi connectivity index (χ2n) is 3.67. The molecular formula is C13H12ClIN2O. The third kappa shape index (κ3) is 2.75. The van der Waals surface area contributed by atoms with E-state index in [-0.39, 0.29) is 0 Å². The lowest BCUT2D eigenvalue weighted by atomic mass is 10.2. The number of ether oxygens (including phenoxy) is 1. The van der Waals surface area contributed by atoms with Crippen LogP contribution in [-0.2, 0) is 0 Å². The topological polar surface area (TPSA) is 35.0 Å². The molecule has 0 spiro atoms. The van der Waals surface area contributed by atoms with Crippen molar-refractivity contribution in [3.05, 3.63) is 38.7 Å². The van der Waals surface area contributed by atoms with Crippen molar-refractivity contribution in [3.8, 4) is 17.1 Å². The molecule has 1 aromatic carbocycles.